The highest BCUT2D eigenvalue weighted by molar-refractivity contribution is 6.03. The molecule has 8 nitrogen and oxygen atoms in total. The van der Waals surface area contributed by atoms with Gasteiger partial charge in [-0.25, -0.2) is 4.79 Å². The van der Waals surface area contributed by atoms with E-state index in [0.29, 0.717) is 6.54 Å². The molecule has 2 aromatic carbocycles. The maximum atomic E-state index is 13.1. The molecule has 0 radical (unpaired) electrons. The van der Waals surface area contributed by atoms with Crippen LogP contribution in [0.25, 0.3) is 0 Å². The Bertz CT molecular complexity index is 1040. The standard InChI is InChI=1S/C25H31N5O3/c1-17(28-13-15-29(16-14-28)20-9-5-6-10-21(20)33-2)11-12-30-24(31)23-22(27-25(30)32)18-7-3-4-8-19(18)26-23/h3-10,17,22-23,26H,11-16H2,1-2H3,(H,27,32). The lowest BCUT2D eigenvalue weighted by atomic mass is 10.0. The zero-order valence-corrected chi connectivity index (χ0v) is 19.2. The van der Waals surface area contributed by atoms with Crippen molar-refractivity contribution in [1.82, 2.24) is 15.1 Å². The lowest BCUT2D eigenvalue weighted by Gasteiger charge is -2.40. The number of benzene rings is 2. The second-order valence-electron chi connectivity index (χ2n) is 8.96. The number of para-hydroxylation sites is 3. The zero-order chi connectivity index (χ0) is 22.9. The minimum absolute atomic E-state index is 0.145. The molecule has 0 aliphatic carbocycles. The third kappa shape index (κ3) is 3.99. The fourth-order valence-corrected chi connectivity index (χ4v) is 5.18. The Morgan fingerprint density at radius 3 is 2.48 bits per heavy atom. The van der Waals surface area contributed by atoms with Crippen LogP contribution < -0.4 is 20.3 Å². The highest BCUT2D eigenvalue weighted by atomic mass is 16.5. The zero-order valence-electron chi connectivity index (χ0n) is 19.2. The van der Waals surface area contributed by atoms with Gasteiger partial charge >= 0.3 is 6.03 Å². The Hall–Kier alpha value is -3.26. The minimum Gasteiger partial charge on any atom is -0.495 e. The van der Waals surface area contributed by atoms with Crippen LogP contribution in [-0.4, -0.2) is 73.7 Å². The number of fused-ring (bicyclic) bond motifs is 3. The lowest BCUT2D eigenvalue weighted by Crippen LogP contribution is -2.59. The summed E-state index contributed by atoms with van der Waals surface area (Å²) in [5.74, 6) is 0.753. The molecule has 2 aromatic rings. The second-order valence-corrected chi connectivity index (χ2v) is 8.96. The number of amides is 3. The Balaban J connectivity index is 1.15. The molecule has 0 bridgehead atoms. The number of carbonyl (C=O) groups is 2. The number of ether oxygens (including phenoxy) is 1. The summed E-state index contributed by atoms with van der Waals surface area (Å²) < 4.78 is 5.51. The van der Waals surface area contributed by atoms with Crippen LogP contribution in [0.3, 0.4) is 0 Å². The number of nitrogens with one attached hydrogen (secondary N) is 2. The summed E-state index contributed by atoms with van der Waals surface area (Å²) in [6.07, 6.45) is 0.748. The summed E-state index contributed by atoms with van der Waals surface area (Å²) >= 11 is 0. The molecule has 0 aromatic heterocycles. The van der Waals surface area contributed by atoms with Crippen LogP contribution in [-0.2, 0) is 4.79 Å². The third-order valence-corrected chi connectivity index (χ3v) is 7.13. The van der Waals surface area contributed by atoms with Crippen LogP contribution in [0.2, 0.25) is 0 Å². The van der Waals surface area contributed by atoms with E-state index in [1.165, 1.54) is 4.90 Å². The summed E-state index contributed by atoms with van der Waals surface area (Å²) in [7, 11) is 1.71. The fourth-order valence-electron chi connectivity index (χ4n) is 5.18. The number of hydrogen-bond donors (Lipinski definition) is 2. The Morgan fingerprint density at radius 2 is 1.70 bits per heavy atom. The monoisotopic (exact) mass is 449 g/mol. The third-order valence-electron chi connectivity index (χ3n) is 7.13. The molecule has 3 aliphatic heterocycles. The SMILES string of the molecule is COc1ccccc1N1CCN(C(C)CCN2C(=O)NC3c4ccccc4NC3C2=O)CC1. The second kappa shape index (κ2) is 8.94. The number of rotatable bonds is 6. The first-order chi connectivity index (χ1) is 16.1. The summed E-state index contributed by atoms with van der Waals surface area (Å²) in [5, 5.41) is 6.31. The van der Waals surface area contributed by atoms with E-state index in [9.17, 15) is 9.59 Å². The first kappa shape index (κ1) is 21.6. The van der Waals surface area contributed by atoms with Gasteiger partial charge in [-0.15, -0.1) is 0 Å². The van der Waals surface area contributed by atoms with Crippen molar-refractivity contribution in [1.29, 1.82) is 0 Å². The van der Waals surface area contributed by atoms with Crippen LogP contribution in [0, 0.1) is 0 Å². The molecule has 2 fully saturated rings. The Labute approximate surface area is 194 Å². The van der Waals surface area contributed by atoms with Gasteiger partial charge in [0.1, 0.15) is 11.8 Å². The van der Waals surface area contributed by atoms with Crippen LogP contribution in [0.4, 0.5) is 16.2 Å². The molecule has 8 heteroatoms. The van der Waals surface area contributed by atoms with Gasteiger partial charge in [0.2, 0.25) is 0 Å². The maximum absolute atomic E-state index is 13.1. The fraction of sp³-hybridized carbons (Fsp3) is 0.440. The van der Waals surface area contributed by atoms with Crippen molar-refractivity contribution in [2.45, 2.75) is 31.5 Å². The van der Waals surface area contributed by atoms with Gasteiger partial charge in [0, 0.05) is 50.0 Å². The van der Waals surface area contributed by atoms with Gasteiger partial charge in [0.05, 0.1) is 18.8 Å². The van der Waals surface area contributed by atoms with E-state index in [2.05, 4.69) is 33.4 Å². The van der Waals surface area contributed by atoms with Crippen molar-refractivity contribution in [3.8, 4) is 5.75 Å². The Morgan fingerprint density at radius 1 is 0.970 bits per heavy atom. The molecular formula is C25H31N5O3. The molecule has 3 heterocycles. The van der Waals surface area contributed by atoms with Crippen LogP contribution in [0.15, 0.2) is 48.5 Å². The van der Waals surface area contributed by atoms with E-state index in [-0.39, 0.29) is 24.0 Å². The van der Waals surface area contributed by atoms with Crippen molar-refractivity contribution >= 4 is 23.3 Å². The average Bonchev–Trinajstić information content (AvgIpc) is 3.22. The van der Waals surface area contributed by atoms with E-state index >= 15 is 0 Å². The number of urea groups is 1. The molecule has 3 unspecified atom stereocenters. The number of imide groups is 1. The largest absolute Gasteiger partial charge is 0.495 e. The molecule has 3 amide bonds. The van der Waals surface area contributed by atoms with Gasteiger partial charge in [-0.3, -0.25) is 14.6 Å². The Kier molecular flexibility index (Phi) is 5.85. The van der Waals surface area contributed by atoms with Crippen LogP contribution in [0.1, 0.15) is 24.9 Å². The summed E-state index contributed by atoms with van der Waals surface area (Å²) in [6.45, 7) is 6.29. The summed E-state index contributed by atoms with van der Waals surface area (Å²) in [5.41, 5.74) is 3.02. The van der Waals surface area contributed by atoms with Crippen LogP contribution in [0.5, 0.6) is 5.75 Å². The van der Waals surface area contributed by atoms with E-state index in [1.807, 2.05) is 42.5 Å². The van der Waals surface area contributed by atoms with Crippen molar-refractivity contribution in [2.24, 2.45) is 0 Å². The van der Waals surface area contributed by atoms with Crippen LogP contribution >= 0.6 is 0 Å². The predicted octanol–water partition coefficient (Wildman–Crippen LogP) is 2.68. The number of carbonyl (C=O) groups excluding carboxylic acids is 2. The number of methoxy groups -OCH3 is 1. The number of hydrogen-bond acceptors (Lipinski definition) is 6. The molecule has 5 rings (SSSR count). The molecule has 174 valence electrons. The minimum atomic E-state index is -0.431. The average molecular weight is 450 g/mol. The van der Waals surface area contributed by atoms with Crippen molar-refractivity contribution < 1.29 is 14.3 Å². The molecule has 0 saturated carbocycles. The summed E-state index contributed by atoms with van der Waals surface area (Å²) in [4.78, 5) is 32.0. The lowest BCUT2D eigenvalue weighted by molar-refractivity contribution is -0.131. The molecule has 3 atom stereocenters. The van der Waals surface area contributed by atoms with E-state index in [1.54, 1.807) is 7.11 Å². The quantitative estimate of drug-likeness (QED) is 0.706. The normalized spacial score (nSPS) is 23.5. The first-order valence-corrected chi connectivity index (χ1v) is 11.7. The first-order valence-electron chi connectivity index (χ1n) is 11.7. The molecular weight excluding hydrogens is 418 g/mol. The van der Waals surface area contributed by atoms with E-state index in [4.69, 9.17) is 4.74 Å². The molecule has 0 spiro atoms. The highest BCUT2D eigenvalue weighted by Crippen LogP contribution is 2.37. The van der Waals surface area contributed by atoms with Gasteiger partial charge in [-0.05, 0) is 31.5 Å². The smallest absolute Gasteiger partial charge is 0.324 e. The van der Waals surface area contributed by atoms with Gasteiger partial charge in [0.15, 0.2) is 0 Å². The molecule has 2 saturated heterocycles. The van der Waals surface area contributed by atoms with Gasteiger partial charge in [-0.1, -0.05) is 30.3 Å². The van der Waals surface area contributed by atoms with Crippen molar-refractivity contribution in [3.05, 3.63) is 54.1 Å². The van der Waals surface area contributed by atoms with Crippen molar-refractivity contribution in [3.63, 3.8) is 0 Å². The molecule has 2 N–H and O–H groups in total. The molecule has 3 aliphatic rings. The number of nitrogens with zero attached hydrogens (tertiary/aromatic N) is 3. The summed E-state index contributed by atoms with van der Waals surface area (Å²) in [6, 6.07) is 15.1. The van der Waals surface area contributed by atoms with Gasteiger partial charge in [0.25, 0.3) is 5.91 Å². The van der Waals surface area contributed by atoms with Crippen molar-refractivity contribution in [2.75, 3.05) is 50.1 Å². The van der Waals surface area contributed by atoms with Gasteiger partial charge < -0.3 is 20.3 Å². The highest BCUT2D eigenvalue weighted by Gasteiger charge is 2.46. The number of anilines is 2. The van der Waals surface area contributed by atoms with Gasteiger partial charge in [-0.2, -0.15) is 0 Å². The maximum Gasteiger partial charge on any atom is 0.324 e. The molecule has 33 heavy (non-hydrogen) atoms. The number of piperazine rings is 1. The van der Waals surface area contributed by atoms with E-state index < -0.39 is 6.04 Å². The topological polar surface area (TPSA) is 77.2 Å². The predicted molar refractivity (Wildman–Crippen MR) is 128 cm³/mol. The van der Waals surface area contributed by atoms with E-state index in [0.717, 1.165) is 55.3 Å².